The Morgan fingerprint density at radius 3 is 2.70 bits per heavy atom. The van der Waals surface area contributed by atoms with E-state index in [-0.39, 0.29) is 0 Å². The van der Waals surface area contributed by atoms with E-state index >= 15 is 0 Å². The lowest BCUT2D eigenvalue weighted by Gasteiger charge is -2.37. The number of rotatable bonds is 2. The highest BCUT2D eigenvalue weighted by Crippen LogP contribution is 2.49. The maximum atomic E-state index is 4.15. The van der Waals surface area contributed by atoms with Gasteiger partial charge in [0, 0.05) is 11.4 Å². The number of anilines is 1. The van der Waals surface area contributed by atoms with Gasteiger partial charge in [0.15, 0.2) is 0 Å². The maximum Gasteiger partial charge on any atom is 0.0881 e. The fraction of sp³-hybridized carbons (Fsp3) is 0.588. The van der Waals surface area contributed by atoms with Crippen LogP contribution in [-0.4, -0.2) is 16.2 Å². The van der Waals surface area contributed by atoms with Gasteiger partial charge in [-0.1, -0.05) is 25.0 Å². The van der Waals surface area contributed by atoms with E-state index in [1.54, 1.807) is 0 Å². The van der Waals surface area contributed by atoms with Gasteiger partial charge in [-0.05, 0) is 50.0 Å². The normalized spacial score (nSPS) is 22.6. The molecular weight excluding hydrogens is 246 g/mol. The molecule has 2 aromatic rings. The minimum absolute atomic E-state index is 0.634. The molecule has 2 N–H and O–H groups in total. The van der Waals surface area contributed by atoms with Gasteiger partial charge in [-0.15, -0.1) is 0 Å². The first-order valence-corrected chi connectivity index (χ1v) is 8.03. The molecule has 4 rings (SSSR count). The standard InChI is InChI=1S/C17H23N3/c1-2-9-17(8-1)10-6-14(7-11-17)19-15-5-3-4-13-12-18-20-16(13)15/h3-5,12,14,19H,1-2,6-11H2,(H,18,20). The van der Waals surface area contributed by atoms with Gasteiger partial charge >= 0.3 is 0 Å². The lowest BCUT2D eigenvalue weighted by molar-refractivity contribution is 0.188. The summed E-state index contributed by atoms with van der Waals surface area (Å²) in [5.41, 5.74) is 3.08. The molecule has 2 saturated carbocycles. The lowest BCUT2D eigenvalue weighted by Crippen LogP contribution is -2.31. The van der Waals surface area contributed by atoms with Crippen LogP contribution in [-0.2, 0) is 0 Å². The van der Waals surface area contributed by atoms with Crippen molar-refractivity contribution in [1.29, 1.82) is 0 Å². The third-order valence-corrected chi connectivity index (χ3v) is 5.55. The monoisotopic (exact) mass is 269 g/mol. The van der Waals surface area contributed by atoms with Crippen LogP contribution in [0.3, 0.4) is 0 Å². The van der Waals surface area contributed by atoms with Crippen molar-refractivity contribution < 1.29 is 0 Å². The molecule has 0 saturated heterocycles. The van der Waals surface area contributed by atoms with Crippen LogP contribution in [0, 0.1) is 5.41 Å². The molecule has 2 aliphatic rings. The molecule has 0 unspecified atom stereocenters. The van der Waals surface area contributed by atoms with Crippen molar-refractivity contribution in [2.75, 3.05) is 5.32 Å². The molecule has 1 spiro atoms. The predicted octanol–water partition coefficient (Wildman–Crippen LogP) is 4.48. The average Bonchev–Trinajstić information content (AvgIpc) is 3.12. The van der Waals surface area contributed by atoms with Gasteiger partial charge in [-0.2, -0.15) is 5.10 Å². The van der Waals surface area contributed by atoms with Crippen molar-refractivity contribution in [3.05, 3.63) is 24.4 Å². The smallest absolute Gasteiger partial charge is 0.0881 e. The van der Waals surface area contributed by atoms with Crippen LogP contribution < -0.4 is 5.32 Å². The van der Waals surface area contributed by atoms with Gasteiger partial charge in [-0.3, -0.25) is 5.10 Å². The van der Waals surface area contributed by atoms with E-state index in [9.17, 15) is 0 Å². The number of nitrogens with zero attached hydrogens (tertiary/aromatic N) is 1. The SMILES string of the molecule is c1cc(NC2CCC3(CCCC3)CC2)c2[nH]ncc2c1. The van der Waals surface area contributed by atoms with Crippen molar-refractivity contribution >= 4 is 16.6 Å². The molecule has 2 fully saturated rings. The van der Waals surface area contributed by atoms with Gasteiger partial charge in [0.2, 0.25) is 0 Å². The van der Waals surface area contributed by atoms with E-state index in [4.69, 9.17) is 0 Å². The fourth-order valence-corrected chi connectivity index (χ4v) is 4.31. The van der Waals surface area contributed by atoms with E-state index in [1.807, 2.05) is 6.20 Å². The Kier molecular flexibility index (Phi) is 2.94. The summed E-state index contributed by atoms with van der Waals surface area (Å²) >= 11 is 0. The highest BCUT2D eigenvalue weighted by molar-refractivity contribution is 5.89. The third-order valence-electron chi connectivity index (χ3n) is 5.55. The lowest BCUT2D eigenvalue weighted by atomic mass is 9.71. The highest BCUT2D eigenvalue weighted by Gasteiger charge is 2.37. The van der Waals surface area contributed by atoms with E-state index < -0.39 is 0 Å². The Bertz CT molecular complexity index is 585. The number of aromatic amines is 1. The molecule has 3 nitrogen and oxygen atoms in total. The molecule has 1 aromatic heterocycles. The van der Waals surface area contributed by atoms with Crippen LogP contribution in [0.5, 0.6) is 0 Å². The zero-order chi connectivity index (χ0) is 13.4. The Labute approximate surface area is 120 Å². The molecule has 0 aliphatic heterocycles. The van der Waals surface area contributed by atoms with E-state index in [0.29, 0.717) is 6.04 Å². The van der Waals surface area contributed by atoms with E-state index in [2.05, 4.69) is 33.7 Å². The molecule has 3 heteroatoms. The first kappa shape index (κ1) is 12.2. The van der Waals surface area contributed by atoms with Gasteiger partial charge in [0.05, 0.1) is 17.4 Å². The first-order valence-electron chi connectivity index (χ1n) is 8.03. The molecule has 2 aliphatic carbocycles. The molecule has 0 amide bonds. The molecule has 106 valence electrons. The minimum Gasteiger partial charge on any atom is -0.381 e. The zero-order valence-electron chi connectivity index (χ0n) is 12.0. The number of nitrogens with one attached hydrogen (secondary N) is 2. The zero-order valence-corrected chi connectivity index (χ0v) is 12.0. The minimum atomic E-state index is 0.634. The number of hydrogen-bond donors (Lipinski definition) is 2. The molecule has 0 bridgehead atoms. The van der Waals surface area contributed by atoms with Gasteiger partial charge in [0.1, 0.15) is 0 Å². The third kappa shape index (κ3) is 2.09. The van der Waals surface area contributed by atoms with E-state index in [0.717, 1.165) is 10.9 Å². The predicted molar refractivity (Wildman–Crippen MR) is 82.9 cm³/mol. The number of fused-ring (bicyclic) bond motifs is 1. The van der Waals surface area contributed by atoms with E-state index in [1.165, 1.54) is 62.4 Å². The van der Waals surface area contributed by atoms with Crippen LogP contribution >= 0.6 is 0 Å². The largest absolute Gasteiger partial charge is 0.381 e. The topological polar surface area (TPSA) is 40.7 Å². The second-order valence-corrected chi connectivity index (χ2v) is 6.77. The second kappa shape index (κ2) is 4.80. The highest BCUT2D eigenvalue weighted by atomic mass is 15.1. The van der Waals surface area contributed by atoms with Crippen molar-refractivity contribution in [3.8, 4) is 0 Å². The molecule has 1 aromatic carbocycles. The van der Waals surface area contributed by atoms with Gasteiger partial charge in [-0.25, -0.2) is 0 Å². The summed E-state index contributed by atoms with van der Waals surface area (Å²) in [6, 6.07) is 7.02. The Morgan fingerprint density at radius 2 is 1.90 bits per heavy atom. The van der Waals surface area contributed by atoms with Crippen molar-refractivity contribution in [1.82, 2.24) is 10.2 Å². The Hall–Kier alpha value is -1.51. The van der Waals surface area contributed by atoms with Crippen LogP contribution in [0.25, 0.3) is 10.9 Å². The molecule has 20 heavy (non-hydrogen) atoms. The summed E-state index contributed by atoms with van der Waals surface area (Å²) < 4.78 is 0. The number of H-pyrrole nitrogens is 1. The molecule has 0 radical (unpaired) electrons. The Balaban J connectivity index is 1.46. The number of benzene rings is 1. The summed E-state index contributed by atoms with van der Waals surface area (Å²) in [5, 5.41) is 12.2. The van der Waals surface area contributed by atoms with Crippen LogP contribution in [0.1, 0.15) is 51.4 Å². The summed E-state index contributed by atoms with van der Waals surface area (Å²) in [4.78, 5) is 0. The quantitative estimate of drug-likeness (QED) is 0.844. The Morgan fingerprint density at radius 1 is 1.10 bits per heavy atom. The second-order valence-electron chi connectivity index (χ2n) is 6.77. The summed E-state index contributed by atoms with van der Waals surface area (Å²) in [6.45, 7) is 0. The van der Waals surface area contributed by atoms with Crippen LogP contribution in [0.2, 0.25) is 0 Å². The molecule has 0 atom stereocenters. The number of para-hydroxylation sites is 1. The van der Waals surface area contributed by atoms with Gasteiger partial charge < -0.3 is 5.32 Å². The summed E-state index contributed by atoms with van der Waals surface area (Å²) in [6.07, 6.45) is 13.3. The van der Waals surface area contributed by atoms with Crippen molar-refractivity contribution in [2.24, 2.45) is 5.41 Å². The van der Waals surface area contributed by atoms with Crippen LogP contribution in [0.4, 0.5) is 5.69 Å². The first-order chi connectivity index (χ1) is 9.85. The van der Waals surface area contributed by atoms with Crippen molar-refractivity contribution in [2.45, 2.75) is 57.4 Å². The van der Waals surface area contributed by atoms with Gasteiger partial charge in [0.25, 0.3) is 0 Å². The van der Waals surface area contributed by atoms with Crippen molar-refractivity contribution in [3.63, 3.8) is 0 Å². The summed E-state index contributed by atoms with van der Waals surface area (Å²) in [5.74, 6) is 0. The number of hydrogen-bond acceptors (Lipinski definition) is 2. The molecular formula is C17H23N3. The fourth-order valence-electron chi connectivity index (χ4n) is 4.31. The summed E-state index contributed by atoms with van der Waals surface area (Å²) in [7, 11) is 0. The molecule has 1 heterocycles. The number of aromatic nitrogens is 2. The maximum absolute atomic E-state index is 4.15. The van der Waals surface area contributed by atoms with Crippen LogP contribution in [0.15, 0.2) is 24.4 Å². The average molecular weight is 269 g/mol.